The molecule has 2 heterocycles. The van der Waals surface area contributed by atoms with Gasteiger partial charge in [0.1, 0.15) is 0 Å². The molecule has 1 aromatic rings. The number of carbonyl (C=O) groups excluding carboxylic acids is 1. The number of morpholine rings is 1. The van der Waals surface area contributed by atoms with Gasteiger partial charge in [0.05, 0.1) is 38.0 Å². The quantitative estimate of drug-likeness (QED) is 0.780. The molecular formula is C14H22N2O3S. The van der Waals surface area contributed by atoms with Crippen LogP contribution < -0.4 is 4.90 Å². The van der Waals surface area contributed by atoms with Crippen LogP contribution >= 0.6 is 11.3 Å². The van der Waals surface area contributed by atoms with Crippen LogP contribution in [0.4, 0.5) is 5.13 Å². The van der Waals surface area contributed by atoms with Crippen LogP contribution in [0.5, 0.6) is 0 Å². The molecule has 20 heavy (non-hydrogen) atoms. The van der Waals surface area contributed by atoms with Crippen molar-refractivity contribution in [3.8, 4) is 0 Å². The average molecular weight is 298 g/mol. The van der Waals surface area contributed by atoms with Crippen molar-refractivity contribution in [3.63, 3.8) is 0 Å². The van der Waals surface area contributed by atoms with E-state index >= 15 is 0 Å². The Balaban J connectivity index is 2.01. The first kappa shape index (κ1) is 15.3. The molecule has 2 atom stereocenters. The second kappa shape index (κ2) is 7.04. The second-order valence-corrected chi connectivity index (χ2v) is 5.89. The van der Waals surface area contributed by atoms with E-state index in [-0.39, 0.29) is 12.1 Å². The molecule has 0 amide bonds. The summed E-state index contributed by atoms with van der Waals surface area (Å²) in [6, 6.07) is 0.394. The summed E-state index contributed by atoms with van der Waals surface area (Å²) in [4.78, 5) is 18.1. The lowest BCUT2D eigenvalue weighted by atomic mass is 10.1. The fourth-order valence-electron chi connectivity index (χ4n) is 2.29. The Morgan fingerprint density at radius 1 is 1.65 bits per heavy atom. The van der Waals surface area contributed by atoms with Crippen molar-refractivity contribution < 1.29 is 14.3 Å². The number of esters is 1. The number of anilines is 1. The number of hydrogen-bond acceptors (Lipinski definition) is 6. The fourth-order valence-corrected chi connectivity index (χ4v) is 3.23. The van der Waals surface area contributed by atoms with E-state index in [0.717, 1.165) is 30.4 Å². The number of hydrogen-bond donors (Lipinski definition) is 0. The van der Waals surface area contributed by atoms with Gasteiger partial charge in [0.15, 0.2) is 5.13 Å². The highest BCUT2D eigenvalue weighted by Crippen LogP contribution is 2.27. The van der Waals surface area contributed by atoms with Crippen molar-refractivity contribution >= 4 is 22.4 Å². The van der Waals surface area contributed by atoms with Crippen LogP contribution in [0.2, 0.25) is 0 Å². The van der Waals surface area contributed by atoms with Crippen LogP contribution in [-0.2, 0) is 20.7 Å². The van der Waals surface area contributed by atoms with Gasteiger partial charge in [-0.15, -0.1) is 11.3 Å². The van der Waals surface area contributed by atoms with Gasteiger partial charge in [0, 0.05) is 18.3 Å². The highest BCUT2D eigenvalue weighted by atomic mass is 32.1. The normalized spacial score (nSPS) is 22.9. The molecule has 2 rings (SSSR count). The molecule has 1 aliphatic rings. The molecule has 112 valence electrons. The van der Waals surface area contributed by atoms with Gasteiger partial charge < -0.3 is 14.4 Å². The predicted octanol–water partition coefficient (Wildman–Crippen LogP) is 2.25. The Kier molecular flexibility index (Phi) is 5.37. The van der Waals surface area contributed by atoms with Gasteiger partial charge in [-0.25, -0.2) is 4.98 Å². The Hall–Kier alpha value is -1.14. The second-order valence-electron chi connectivity index (χ2n) is 5.06. The van der Waals surface area contributed by atoms with E-state index in [9.17, 15) is 4.79 Å². The summed E-state index contributed by atoms with van der Waals surface area (Å²) in [5, 5.41) is 3.07. The lowest BCUT2D eigenvalue weighted by molar-refractivity contribution is -0.140. The maximum atomic E-state index is 11.2. The van der Waals surface area contributed by atoms with E-state index in [1.165, 1.54) is 7.11 Å². The molecule has 0 radical (unpaired) electrons. The van der Waals surface area contributed by atoms with Crippen LogP contribution in [0.1, 0.15) is 32.4 Å². The van der Waals surface area contributed by atoms with E-state index in [1.807, 2.05) is 5.38 Å². The minimum absolute atomic E-state index is 0.189. The van der Waals surface area contributed by atoms with Crippen molar-refractivity contribution in [2.24, 2.45) is 0 Å². The highest BCUT2D eigenvalue weighted by Gasteiger charge is 2.27. The lowest BCUT2D eigenvalue weighted by Gasteiger charge is -2.38. The SMILES string of the molecule is CCC1COC(C)CN1c1nc(CCC(=O)OC)cs1. The predicted molar refractivity (Wildman–Crippen MR) is 79.3 cm³/mol. The number of ether oxygens (including phenoxy) is 2. The van der Waals surface area contributed by atoms with E-state index < -0.39 is 0 Å². The van der Waals surface area contributed by atoms with Crippen LogP contribution in [0.3, 0.4) is 0 Å². The first-order valence-corrected chi connectivity index (χ1v) is 7.91. The molecule has 0 N–H and O–H groups in total. The molecule has 0 aromatic carbocycles. The van der Waals surface area contributed by atoms with Gasteiger partial charge in [-0.1, -0.05) is 6.92 Å². The summed E-state index contributed by atoms with van der Waals surface area (Å²) in [6.45, 7) is 5.89. The summed E-state index contributed by atoms with van der Waals surface area (Å²) >= 11 is 1.64. The maximum Gasteiger partial charge on any atom is 0.305 e. The molecule has 1 aliphatic heterocycles. The van der Waals surface area contributed by atoms with Crippen LogP contribution in [-0.4, -0.2) is 43.4 Å². The van der Waals surface area contributed by atoms with Crippen molar-refractivity contribution in [2.75, 3.05) is 25.2 Å². The van der Waals surface area contributed by atoms with Crippen LogP contribution in [0, 0.1) is 0 Å². The molecule has 2 unspecified atom stereocenters. The zero-order valence-electron chi connectivity index (χ0n) is 12.3. The molecule has 0 aliphatic carbocycles. The summed E-state index contributed by atoms with van der Waals surface area (Å²) in [5.41, 5.74) is 0.962. The van der Waals surface area contributed by atoms with Gasteiger partial charge in [0.25, 0.3) is 0 Å². The van der Waals surface area contributed by atoms with E-state index in [2.05, 4.69) is 28.5 Å². The maximum absolute atomic E-state index is 11.2. The van der Waals surface area contributed by atoms with Crippen molar-refractivity contribution in [3.05, 3.63) is 11.1 Å². The number of methoxy groups -OCH3 is 1. The number of nitrogens with zero attached hydrogens (tertiary/aromatic N) is 2. The molecule has 1 saturated heterocycles. The molecule has 0 spiro atoms. The Morgan fingerprint density at radius 3 is 3.15 bits per heavy atom. The Bertz CT molecular complexity index is 449. The van der Waals surface area contributed by atoms with Gasteiger partial charge in [0.2, 0.25) is 0 Å². The molecule has 6 heteroatoms. The largest absolute Gasteiger partial charge is 0.469 e. The molecule has 5 nitrogen and oxygen atoms in total. The average Bonchev–Trinajstić information content (AvgIpc) is 2.93. The summed E-state index contributed by atoms with van der Waals surface area (Å²) in [5.74, 6) is -0.189. The standard InChI is InChI=1S/C14H22N2O3S/c1-4-12-8-19-10(2)7-16(12)14-15-11(9-20-14)5-6-13(17)18-3/h9-10,12H,4-8H2,1-3H3. The topological polar surface area (TPSA) is 51.7 Å². The van der Waals surface area contributed by atoms with Gasteiger partial charge in [-0.05, 0) is 13.3 Å². The van der Waals surface area contributed by atoms with Gasteiger partial charge >= 0.3 is 5.97 Å². The Labute approximate surface area is 123 Å². The van der Waals surface area contributed by atoms with Crippen LogP contribution in [0.15, 0.2) is 5.38 Å². The van der Waals surface area contributed by atoms with Crippen molar-refractivity contribution in [1.29, 1.82) is 0 Å². The first-order valence-electron chi connectivity index (χ1n) is 7.03. The van der Waals surface area contributed by atoms with E-state index in [1.54, 1.807) is 11.3 Å². The summed E-state index contributed by atoms with van der Waals surface area (Å²) < 4.78 is 10.4. The lowest BCUT2D eigenvalue weighted by Crippen LogP contribution is -2.48. The molecular weight excluding hydrogens is 276 g/mol. The minimum atomic E-state index is -0.189. The monoisotopic (exact) mass is 298 g/mol. The smallest absolute Gasteiger partial charge is 0.305 e. The number of rotatable bonds is 5. The third kappa shape index (κ3) is 3.70. The van der Waals surface area contributed by atoms with Gasteiger partial charge in [-0.2, -0.15) is 0 Å². The van der Waals surface area contributed by atoms with E-state index in [4.69, 9.17) is 4.74 Å². The number of carbonyl (C=O) groups is 1. The Morgan fingerprint density at radius 2 is 2.45 bits per heavy atom. The van der Waals surface area contributed by atoms with Crippen LogP contribution in [0.25, 0.3) is 0 Å². The zero-order valence-corrected chi connectivity index (χ0v) is 13.1. The molecule has 1 aromatic heterocycles. The van der Waals surface area contributed by atoms with E-state index in [0.29, 0.717) is 18.9 Å². The zero-order chi connectivity index (χ0) is 14.5. The first-order chi connectivity index (χ1) is 9.63. The summed E-state index contributed by atoms with van der Waals surface area (Å²) in [6.07, 6.45) is 2.31. The van der Waals surface area contributed by atoms with Crippen molar-refractivity contribution in [1.82, 2.24) is 4.98 Å². The number of thiazole rings is 1. The van der Waals surface area contributed by atoms with Crippen molar-refractivity contribution in [2.45, 2.75) is 45.3 Å². The third-order valence-electron chi connectivity index (χ3n) is 3.54. The molecule has 0 saturated carbocycles. The highest BCUT2D eigenvalue weighted by molar-refractivity contribution is 7.13. The summed E-state index contributed by atoms with van der Waals surface area (Å²) in [7, 11) is 1.41. The minimum Gasteiger partial charge on any atom is -0.469 e. The fraction of sp³-hybridized carbons (Fsp3) is 0.714. The molecule has 0 bridgehead atoms. The molecule has 1 fully saturated rings. The number of aryl methyl sites for hydroxylation is 1. The van der Waals surface area contributed by atoms with Gasteiger partial charge in [-0.3, -0.25) is 4.79 Å². The number of aromatic nitrogens is 1. The third-order valence-corrected chi connectivity index (χ3v) is 4.46.